The van der Waals surface area contributed by atoms with E-state index < -0.39 is 5.78 Å². The number of pyridine rings is 1. The maximum Gasteiger partial charge on any atom is 0.174 e. The van der Waals surface area contributed by atoms with E-state index in [0.29, 0.717) is 11.3 Å². The summed E-state index contributed by atoms with van der Waals surface area (Å²) in [6, 6.07) is 7.40. The number of nitrogens with zero attached hydrogens (tertiary/aromatic N) is 1. The molecule has 0 saturated carbocycles. The summed E-state index contributed by atoms with van der Waals surface area (Å²) in [6.45, 7) is 0. The zero-order valence-corrected chi connectivity index (χ0v) is 10.9. The van der Waals surface area contributed by atoms with Crippen molar-refractivity contribution in [2.45, 2.75) is 6.42 Å². The number of hydrogen-bond acceptors (Lipinski definition) is 5. The van der Waals surface area contributed by atoms with E-state index in [-0.39, 0.29) is 23.5 Å². The highest BCUT2D eigenvalue weighted by atomic mass is 16.5. The van der Waals surface area contributed by atoms with Crippen molar-refractivity contribution in [3.63, 3.8) is 0 Å². The van der Waals surface area contributed by atoms with Crippen molar-refractivity contribution in [1.82, 2.24) is 4.98 Å². The molecule has 0 atom stereocenters. The number of benzene rings is 1. The van der Waals surface area contributed by atoms with Crippen LogP contribution in [-0.2, 0) is 0 Å². The van der Waals surface area contributed by atoms with Gasteiger partial charge in [0.25, 0.3) is 0 Å². The zero-order chi connectivity index (χ0) is 14.5. The fourth-order valence-corrected chi connectivity index (χ4v) is 1.75. The van der Waals surface area contributed by atoms with Crippen LogP contribution in [0.25, 0.3) is 0 Å². The largest absolute Gasteiger partial charge is 0.507 e. The molecule has 2 aromatic rings. The molecule has 0 unspecified atom stereocenters. The van der Waals surface area contributed by atoms with Gasteiger partial charge in [0.15, 0.2) is 11.6 Å². The summed E-state index contributed by atoms with van der Waals surface area (Å²) >= 11 is 0. The first-order chi connectivity index (χ1) is 9.61. The molecule has 0 aliphatic rings. The summed E-state index contributed by atoms with van der Waals surface area (Å²) in [6.07, 6.45) is 2.66. The number of hydrogen-bond donors (Lipinski definition) is 1. The van der Waals surface area contributed by atoms with Gasteiger partial charge in [-0.05, 0) is 30.3 Å². The number of Topliss-reactive ketones (excluding diaryl/α,β-unsaturated/α-hetero) is 2. The normalized spacial score (nSPS) is 10.1. The van der Waals surface area contributed by atoms with E-state index >= 15 is 0 Å². The Bertz CT molecular complexity index is 638. The van der Waals surface area contributed by atoms with Gasteiger partial charge >= 0.3 is 0 Å². The van der Waals surface area contributed by atoms with Gasteiger partial charge in [0.1, 0.15) is 11.5 Å². The first-order valence-corrected chi connectivity index (χ1v) is 5.95. The molecule has 0 aliphatic heterocycles. The van der Waals surface area contributed by atoms with E-state index in [4.69, 9.17) is 4.74 Å². The molecule has 0 aliphatic carbocycles. The molecule has 0 fully saturated rings. The molecule has 20 heavy (non-hydrogen) atoms. The lowest BCUT2D eigenvalue weighted by molar-refractivity contribution is 0.0892. The Hall–Kier alpha value is -2.69. The van der Waals surface area contributed by atoms with Crippen molar-refractivity contribution in [3.05, 3.63) is 53.9 Å². The van der Waals surface area contributed by atoms with Gasteiger partial charge in [-0.3, -0.25) is 14.6 Å². The van der Waals surface area contributed by atoms with Crippen LogP contribution in [0, 0.1) is 0 Å². The van der Waals surface area contributed by atoms with Crippen molar-refractivity contribution in [2.24, 2.45) is 0 Å². The number of aromatic nitrogens is 1. The number of phenolic OH excluding ortho intramolecular Hbond substituents is 1. The van der Waals surface area contributed by atoms with Gasteiger partial charge in [-0.25, -0.2) is 0 Å². The Kier molecular flexibility index (Phi) is 4.10. The first-order valence-electron chi connectivity index (χ1n) is 5.95. The molecule has 1 heterocycles. The molecule has 5 nitrogen and oxygen atoms in total. The van der Waals surface area contributed by atoms with Crippen LogP contribution in [0.2, 0.25) is 0 Å². The minimum Gasteiger partial charge on any atom is -0.507 e. The van der Waals surface area contributed by atoms with Crippen LogP contribution in [0.4, 0.5) is 0 Å². The van der Waals surface area contributed by atoms with E-state index in [9.17, 15) is 14.7 Å². The Morgan fingerprint density at radius 2 is 1.85 bits per heavy atom. The molecular weight excluding hydrogens is 258 g/mol. The molecular formula is C15H13NO4. The van der Waals surface area contributed by atoms with Crippen molar-refractivity contribution < 1.29 is 19.4 Å². The lowest BCUT2D eigenvalue weighted by atomic mass is 10.0. The first kappa shape index (κ1) is 13.7. The van der Waals surface area contributed by atoms with Crippen LogP contribution in [-0.4, -0.2) is 28.8 Å². The maximum atomic E-state index is 12.1. The molecule has 0 bridgehead atoms. The highest BCUT2D eigenvalue weighted by Crippen LogP contribution is 2.24. The third-order valence-corrected chi connectivity index (χ3v) is 2.83. The van der Waals surface area contributed by atoms with Crippen LogP contribution in [0.5, 0.6) is 11.5 Å². The lowest BCUT2D eigenvalue weighted by Crippen LogP contribution is -2.09. The Morgan fingerprint density at radius 1 is 1.15 bits per heavy atom. The van der Waals surface area contributed by atoms with E-state index in [1.165, 1.54) is 37.7 Å². The monoisotopic (exact) mass is 271 g/mol. The lowest BCUT2D eigenvalue weighted by Gasteiger charge is -2.06. The SMILES string of the molecule is COc1ccc(O)c(C(=O)CC(=O)c2ccncc2)c1. The van der Waals surface area contributed by atoms with E-state index in [0.717, 1.165) is 0 Å². The molecule has 102 valence electrons. The molecule has 1 aromatic carbocycles. The van der Waals surface area contributed by atoms with Gasteiger partial charge in [0.05, 0.1) is 19.1 Å². The third kappa shape index (κ3) is 3.00. The van der Waals surface area contributed by atoms with Crippen molar-refractivity contribution in [1.29, 1.82) is 0 Å². The highest BCUT2D eigenvalue weighted by molar-refractivity contribution is 6.14. The average molecular weight is 271 g/mol. The number of methoxy groups -OCH3 is 1. The molecule has 0 radical (unpaired) electrons. The summed E-state index contributed by atoms with van der Waals surface area (Å²) in [5, 5.41) is 9.69. The van der Waals surface area contributed by atoms with Gasteiger partial charge < -0.3 is 9.84 Å². The second-order valence-corrected chi connectivity index (χ2v) is 4.14. The smallest absolute Gasteiger partial charge is 0.174 e. The maximum absolute atomic E-state index is 12.1. The predicted molar refractivity (Wildman–Crippen MR) is 72.2 cm³/mol. The summed E-state index contributed by atoms with van der Waals surface area (Å²) in [5.41, 5.74) is 0.488. The van der Waals surface area contributed by atoms with Gasteiger partial charge in [-0.2, -0.15) is 0 Å². The van der Waals surface area contributed by atoms with Crippen LogP contribution >= 0.6 is 0 Å². The van der Waals surface area contributed by atoms with Gasteiger partial charge in [0, 0.05) is 18.0 Å². The van der Waals surface area contributed by atoms with E-state index in [1.807, 2.05) is 0 Å². The number of ketones is 2. The number of carbonyl (C=O) groups excluding carboxylic acids is 2. The second-order valence-electron chi connectivity index (χ2n) is 4.14. The molecule has 5 heteroatoms. The van der Waals surface area contributed by atoms with Gasteiger partial charge in [-0.15, -0.1) is 0 Å². The third-order valence-electron chi connectivity index (χ3n) is 2.83. The fraction of sp³-hybridized carbons (Fsp3) is 0.133. The van der Waals surface area contributed by atoms with Crippen molar-refractivity contribution in [3.8, 4) is 11.5 Å². The summed E-state index contributed by atoms with van der Waals surface area (Å²) < 4.78 is 4.99. The van der Waals surface area contributed by atoms with Gasteiger partial charge in [0.2, 0.25) is 0 Å². The number of rotatable bonds is 5. The Labute approximate surface area is 115 Å². The molecule has 0 saturated heterocycles. The summed E-state index contributed by atoms with van der Waals surface area (Å²) in [5.74, 6) is -0.497. The molecule has 0 amide bonds. The highest BCUT2D eigenvalue weighted by Gasteiger charge is 2.17. The number of aromatic hydroxyl groups is 1. The fourth-order valence-electron chi connectivity index (χ4n) is 1.75. The number of ether oxygens (including phenoxy) is 1. The number of phenols is 1. The standard InChI is InChI=1S/C15H13NO4/c1-20-11-2-3-13(17)12(8-11)15(19)9-14(18)10-4-6-16-7-5-10/h2-8,17H,9H2,1H3. The summed E-state index contributed by atoms with van der Waals surface area (Å²) in [4.78, 5) is 27.8. The van der Waals surface area contributed by atoms with E-state index in [1.54, 1.807) is 12.1 Å². The Morgan fingerprint density at radius 3 is 2.50 bits per heavy atom. The summed E-state index contributed by atoms with van der Waals surface area (Å²) in [7, 11) is 1.46. The predicted octanol–water partition coefficient (Wildman–Crippen LogP) is 2.25. The van der Waals surface area contributed by atoms with Crippen molar-refractivity contribution >= 4 is 11.6 Å². The minimum absolute atomic E-state index is 0.0757. The average Bonchev–Trinajstić information content (AvgIpc) is 2.48. The van der Waals surface area contributed by atoms with Crippen LogP contribution in [0.1, 0.15) is 27.1 Å². The molecule has 1 N–H and O–H groups in total. The van der Waals surface area contributed by atoms with Crippen LogP contribution in [0.3, 0.4) is 0 Å². The van der Waals surface area contributed by atoms with Gasteiger partial charge in [-0.1, -0.05) is 0 Å². The zero-order valence-electron chi connectivity index (χ0n) is 10.9. The quantitative estimate of drug-likeness (QED) is 0.666. The van der Waals surface area contributed by atoms with Crippen molar-refractivity contribution in [2.75, 3.05) is 7.11 Å². The number of carbonyl (C=O) groups is 2. The molecule has 2 rings (SSSR count). The van der Waals surface area contributed by atoms with Crippen LogP contribution < -0.4 is 4.74 Å². The Balaban J connectivity index is 2.18. The topological polar surface area (TPSA) is 76.5 Å². The second kappa shape index (κ2) is 5.97. The molecule has 1 aromatic heterocycles. The van der Waals surface area contributed by atoms with E-state index in [2.05, 4.69) is 4.98 Å². The minimum atomic E-state index is -0.455. The molecule has 0 spiro atoms. The van der Waals surface area contributed by atoms with Crippen LogP contribution in [0.15, 0.2) is 42.7 Å².